The van der Waals surface area contributed by atoms with Gasteiger partial charge in [0.05, 0.1) is 12.7 Å². The molecule has 0 aliphatic heterocycles. The first-order valence-electron chi connectivity index (χ1n) is 9.25. The van der Waals surface area contributed by atoms with E-state index in [1.807, 2.05) is 60.7 Å². The highest BCUT2D eigenvalue weighted by Gasteiger charge is 2.09. The maximum absolute atomic E-state index is 12.4. The summed E-state index contributed by atoms with van der Waals surface area (Å²) < 4.78 is 10.7. The number of hydrogen-bond donors (Lipinski definition) is 0. The molecule has 0 saturated heterocycles. The van der Waals surface area contributed by atoms with Crippen LogP contribution >= 0.6 is 0 Å². The summed E-state index contributed by atoms with van der Waals surface area (Å²) in [6.07, 6.45) is 3.39. The Balaban J connectivity index is 1.64. The van der Waals surface area contributed by atoms with Gasteiger partial charge in [0, 0.05) is 0 Å². The number of aryl methyl sites for hydroxylation is 1. The van der Waals surface area contributed by atoms with Gasteiger partial charge in [-0.15, -0.1) is 0 Å². The van der Waals surface area contributed by atoms with Gasteiger partial charge in [-0.1, -0.05) is 49.7 Å². The van der Waals surface area contributed by atoms with Crippen LogP contribution in [0.25, 0.3) is 11.1 Å². The van der Waals surface area contributed by atoms with Crippen LogP contribution in [0.1, 0.15) is 35.7 Å². The van der Waals surface area contributed by atoms with Crippen LogP contribution in [0, 0.1) is 0 Å². The van der Waals surface area contributed by atoms with Gasteiger partial charge in [0.25, 0.3) is 0 Å². The highest BCUT2D eigenvalue weighted by Crippen LogP contribution is 2.23. The van der Waals surface area contributed by atoms with Crippen molar-refractivity contribution in [2.75, 3.05) is 7.11 Å². The summed E-state index contributed by atoms with van der Waals surface area (Å²) in [5.74, 6) is 1.04. The molecule has 3 nitrogen and oxygen atoms in total. The minimum atomic E-state index is -0.349. The Morgan fingerprint density at radius 2 is 1.33 bits per heavy atom. The van der Waals surface area contributed by atoms with Gasteiger partial charge in [-0.05, 0) is 65.9 Å². The number of carbonyl (C=O) groups is 1. The van der Waals surface area contributed by atoms with E-state index in [-0.39, 0.29) is 5.97 Å². The van der Waals surface area contributed by atoms with Gasteiger partial charge in [-0.2, -0.15) is 0 Å². The van der Waals surface area contributed by atoms with E-state index in [1.165, 1.54) is 18.4 Å². The molecule has 3 aromatic carbocycles. The lowest BCUT2D eigenvalue weighted by molar-refractivity contribution is 0.0735. The Hall–Kier alpha value is -3.07. The molecule has 0 radical (unpaired) electrons. The molecule has 0 aliphatic rings. The number of methoxy groups -OCH3 is 1. The maximum atomic E-state index is 12.4. The predicted molar refractivity (Wildman–Crippen MR) is 108 cm³/mol. The van der Waals surface area contributed by atoms with Crippen molar-refractivity contribution in [2.45, 2.75) is 26.2 Å². The van der Waals surface area contributed by atoms with Crippen molar-refractivity contribution in [1.29, 1.82) is 0 Å². The Labute approximate surface area is 160 Å². The lowest BCUT2D eigenvalue weighted by Crippen LogP contribution is -2.08. The molecular formula is C24H24O3. The van der Waals surface area contributed by atoms with Crippen LogP contribution in [0.2, 0.25) is 0 Å². The smallest absolute Gasteiger partial charge is 0.343 e. The van der Waals surface area contributed by atoms with E-state index >= 15 is 0 Å². The summed E-state index contributed by atoms with van der Waals surface area (Å²) in [5.41, 5.74) is 3.90. The van der Waals surface area contributed by atoms with E-state index in [0.717, 1.165) is 23.3 Å². The standard InChI is InChI=1S/C24H24O3/c1-3-4-5-18-6-14-23(15-7-18)27-24(25)21-10-8-19(9-11-21)20-12-16-22(26-2)17-13-20/h6-17H,3-5H2,1-2H3. The number of unbranched alkanes of at least 4 members (excludes halogenated alkanes) is 1. The van der Waals surface area contributed by atoms with E-state index in [2.05, 4.69) is 6.92 Å². The topological polar surface area (TPSA) is 35.5 Å². The lowest BCUT2D eigenvalue weighted by Gasteiger charge is -2.07. The second-order valence-corrected chi connectivity index (χ2v) is 6.44. The summed E-state index contributed by atoms with van der Waals surface area (Å²) in [6.45, 7) is 2.18. The molecule has 0 bridgehead atoms. The van der Waals surface area contributed by atoms with Crippen molar-refractivity contribution in [2.24, 2.45) is 0 Å². The van der Waals surface area contributed by atoms with Crippen molar-refractivity contribution < 1.29 is 14.3 Å². The fraction of sp³-hybridized carbons (Fsp3) is 0.208. The predicted octanol–water partition coefficient (Wildman–Crippen LogP) is 5.92. The first-order chi connectivity index (χ1) is 13.2. The van der Waals surface area contributed by atoms with Crippen molar-refractivity contribution in [3.63, 3.8) is 0 Å². The number of esters is 1. The summed E-state index contributed by atoms with van der Waals surface area (Å²) in [6, 6.07) is 23.0. The summed E-state index contributed by atoms with van der Waals surface area (Å²) >= 11 is 0. The van der Waals surface area contributed by atoms with E-state index in [0.29, 0.717) is 11.3 Å². The molecule has 0 heterocycles. The Morgan fingerprint density at radius 3 is 1.89 bits per heavy atom. The molecule has 3 aromatic rings. The molecule has 0 amide bonds. The summed E-state index contributed by atoms with van der Waals surface area (Å²) in [4.78, 5) is 12.4. The van der Waals surface area contributed by atoms with E-state index in [1.54, 1.807) is 19.2 Å². The Kier molecular flexibility index (Phi) is 6.26. The van der Waals surface area contributed by atoms with Crippen LogP contribution in [0.3, 0.4) is 0 Å². The molecule has 3 heteroatoms. The quantitative estimate of drug-likeness (QED) is 0.387. The van der Waals surface area contributed by atoms with Crippen LogP contribution in [-0.2, 0) is 6.42 Å². The molecule has 0 unspecified atom stereocenters. The first kappa shape index (κ1) is 18.7. The molecule has 0 spiro atoms. The molecule has 0 atom stereocenters. The number of rotatable bonds is 7. The van der Waals surface area contributed by atoms with Crippen LogP contribution < -0.4 is 9.47 Å². The molecule has 27 heavy (non-hydrogen) atoms. The van der Waals surface area contributed by atoms with Gasteiger partial charge in [-0.3, -0.25) is 0 Å². The van der Waals surface area contributed by atoms with Gasteiger partial charge in [-0.25, -0.2) is 4.79 Å². The molecule has 0 aliphatic carbocycles. The van der Waals surface area contributed by atoms with Crippen LogP contribution in [-0.4, -0.2) is 13.1 Å². The molecule has 0 saturated carbocycles. The molecule has 0 N–H and O–H groups in total. The third-order valence-electron chi connectivity index (χ3n) is 4.50. The van der Waals surface area contributed by atoms with E-state index in [4.69, 9.17) is 9.47 Å². The maximum Gasteiger partial charge on any atom is 0.343 e. The van der Waals surface area contributed by atoms with Crippen LogP contribution in [0.5, 0.6) is 11.5 Å². The van der Waals surface area contributed by atoms with E-state index < -0.39 is 0 Å². The largest absolute Gasteiger partial charge is 0.497 e. The minimum Gasteiger partial charge on any atom is -0.497 e. The first-order valence-corrected chi connectivity index (χ1v) is 9.25. The zero-order valence-corrected chi connectivity index (χ0v) is 15.8. The number of ether oxygens (including phenoxy) is 2. The van der Waals surface area contributed by atoms with Crippen molar-refractivity contribution in [3.05, 3.63) is 83.9 Å². The highest BCUT2D eigenvalue weighted by atomic mass is 16.5. The fourth-order valence-electron chi connectivity index (χ4n) is 2.85. The highest BCUT2D eigenvalue weighted by molar-refractivity contribution is 5.91. The molecular weight excluding hydrogens is 336 g/mol. The average Bonchev–Trinajstić information content (AvgIpc) is 2.73. The third-order valence-corrected chi connectivity index (χ3v) is 4.50. The second-order valence-electron chi connectivity index (χ2n) is 6.44. The normalized spacial score (nSPS) is 10.4. The Morgan fingerprint density at radius 1 is 0.778 bits per heavy atom. The lowest BCUT2D eigenvalue weighted by atomic mass is 10.0. The summed E-state index contributed by atoms with van der Waals surface area (Å²) in [5, 5.41) is 0. The number of hydrogen-bond acceptors (Lipinski definition) is 3. The number of carbonyl (C=O) groups excluding carboxylic acids is 1. The van der Waals surface area contributed by atoms with Gasteiger partial charge < -0.3 is 9.47 Å². The zero-order valence-electron chi connectivity index (χ0n) is 15.8. The van der Waals surface area contributed by atoms with Crippen molar-refractivity contribution >= 4 is 5.97 Å². The number of benzene rings is 3. The van der Waals surface area contributed by atoms with Crippen LogP contribution in [0.4, 0.5) is 0 Å². The molecule has 3 rings (SSSR count). The van der Waals surface area contributed by atoms with Crippen LogP contribution in [0.15, 0.2) is 72.8 Å². The zero-order chi connectivity index (χ0) is 19.1. The van der Waals surface area contributed by atoms with Gasteiger partial charge >= 0.3 is 5.97 Å². The van der Waals surface area contributed by atoms with Gasteiger partial charge in [0.1, 0.15) is 11.5 Å². The molecule has 138 valence electrons. The average molecular weight is 360 g/mol. The SMILES string of the molecule is CCCCc1ccc(OC(=O)c2ccc(-c3ccc(OC)cc3)cc2)cc1. The van der Waals surface area contributed by atoms with Crippen molar-refractivity contribution in [3.8, 4) is 22.6 Å². The second kappa shape index (κ2) is 9.04. The Bertz CT molecular complexity index is 863. The minimum absolute atomic E-state index is 0.349. The molecule has 0 aromatic heterocycles. The van der Waals surface area contributed by atoms with Gasteiger partial charge in [0.15, 0.2) is 0 Å². The fourth-order valence-corrected chi connectivity index (χ4v) is 2.85. The summed E-state index contributed by atoms with van der Waals surface area (Å²) in [7, 11) is 1.65. The van der Waals surface area contributed by atoms with E-state index in [9.17, 15) is 4.79 Å². The monoisotopic (exact) mass is 360 g/mol. The van der Waals surface area contributed by atoms with Crippen molar-refractivity contribution in [1.82, 2.24) is 0 Å². The van der Waals surface area contributed by atoms with Gasteiger partial charge in [0.2, 0.25) is 0 Å². The molecule has 0 fully saturated rings. The third kappa shape index (κ3) is 4.98.